The maximum atomic E-state index is 12.3. The predicted octanol–water partition coefficient (Wildman–Crippen LogP) is -0.334. The van der Waals surface area contributed by atoms with Crippen LogP contribution in [-0.4, -0.2) is 129 Å². The van der Waals surface area contributed by atoms with Gasteiger partial charge in [-0.2, -0.15) is 0 Å². The molecule has 7 rings (SSSR count). The molecule has 47 heavy (non-hydrogen) atoms. The number of rotatable bonds is 6. The normalized spacial score (nSPS) is 54.2. The van der Waals surface area contributed by atoms with Crippen LogP contribution in [0.4, 0.5) is 0 Å². The predicted molar refractivity (Wildman–Crippen MR) is 161 cm³/mol. The summed E-state index contributed by atoms with van der Waals surface area (Å²) >= 11 is 0. The third-order valence-corrected chi connectivity index (χ3v) is 13.3. The highest BCUT2D eigenvalue weighted by molar-refractivity contribution is 5.91. The van der Waals surface area contributed by atoms with E-state index in [4.69, 9.17) is 23.7 Å². The molecular formula is C34H50O13. The Hall–Kier alpha value is -1.49. The number of hydrogen-bond donors (Lipinski definition) is 7. The lowest BCUT2D eigenvalue weighted by molar-refractivity contribution is -0.372. The van der Waals surface area contributed by atoms with Gasteiger partial charge in [0.1, 0.15) is 54.9 Å². The molecule has 18 atom stereocenters. The Morgan fingerprint density at radius 2 is 1.55 bits per heavy atom. The van der Waals surface area contributed by atoms with Gasteiger partial charge in [0.25, 0.3) is 0 Å². The summed E-state index contributed by atoms with van der Waals surface area (Å²) in [7, 11) is 0. The van der Waals surface area contributed by atoms with E-state index in [1.165, 1.54) is 5.57 Å². The van der Waals surface area contributed by atoms with Crippen LogP contribution in [0.3, 0.4) is 0 Å². The van der Waals surface area contributed by atoms with E-state index < -0.39 is 74.6 Å². The molecule has 0 radical (unpaired) electrons. The van der Waals surface area contributed by atoms with Crippen LogP contribution < -0.4 is 0 Å². The van der Waals surface area contributed by atoms with Gasteiger partial charge < -0.3 is 59.4 Å². The van der Waals surface area contributed by atoms with Crippen LogP contribution in [0.15, 0.2) is 23.8 Å². The summed E-state index contributed by atoms with van der Waals surface area (Å²) < 4.78 is 29.5. The average Bonchev–Trinajstić information content (AvgIpc) is 3.51. The summed E-state index contributed by atoms with van der Waals surface area (Å²) in [6.45, 7) is 7.55. The molecule has 3 saturated heterocycles. The lowest BCUT2D eigenvalue weighted by Crippen LogP contribution is -2.65. The van der Waals surface area contributed by atoms with Gasteiger partial charge in [0.05, 0.1) is 19.3 Å². The second-order valence-corrected chi connectivity index (χ2v) is 15.5. The molecule has 0 spiro atoms. The average molecular weight is 667 g/mol. The quantitative estimate of drug-likeness (QED) is 0.110. The van der Waals surface area contributed by atoms with Crippen LogP contribution in [0.2, 0.25) is 0 Å². The SMILES string of the molecule is C=C1C(=O)O[C@H]2C[C@H]3[C@@H]4CC=C5C[C@@H](O[C@@H]6O[C@H](CO)[C@@H](O)[C@H](O)[C@H]6O[C@@H]6O[C@H](CO)[C@@H](O)[C@H](O)[C@H]6O)CC[C@]5(C)[C@H]4CC[C@]3(C)[C@@H]12. The van der Waals surface area contributed by atoms with Gasteiger partial charge in [-0.05, 0) is 73.5 Å². The van der Waals surface area contributed by atoms with E-state index in [0.29, 0.717) is 36.2 Å². The molecule has 0 unspecified atom stereocenters. The number of ether oxygens (including phenoxy) is 5. The molecule has 3 saturated carbocycles. The van der Waals surface area contributed by atoms with Gasteiger partial charge in [-0.25, -0.2) is 4.79 Å². The molecule has 6 fully saturated rings. The van der Waals surface area contributed by atoms with Crippen LogP contribution >= 0.6 is 0 Å². The largest absolute Gasteiger partial charge is 0.458 e. The maximum Gasteiger partial charge on any atom is 0.334 e. The third kappa shape index (κ3) is 5.27. The molecular weight excluding hydrogens is 616 g/mol. The molecule has 0 amide bonds. The van der Waals surface area contributed by atoms with Gasteiger partial charge in [0.2, 0.25) is 0 Å². The Morgan fingerprint density at radius 3 is 2.26 bits per heavy atom. The topological polar surface area (TPSA) is 205 Å². The lowest BCUT2D eigenvalue weighted by atomic mass is 9.47. The van der Waals surface area contributed by atoms with Crippen LogP contribution in [0.5, 0.6) is 0 Å². The van der Waals surface area contributed by atoms with Gasteiger partial charge in [0, 0.05) is 11.5 Å². The molecule has 0 aromatic heterocycles. The van der Waals surface area contributed by atoms with Crippen molar-refractivity contribution in [1.29, 1.82) is 0 Å². The number of carbonyl (C=O) groups excluding carboxylic acids is 1. The summed E-state index contributed by atoms with van der Waals surface area (Å²) in [6, 6.07) is 0. The fourth-order valence-electron chi connectivity index (χ4n) is 10.6. The molecule has 7 aliphatic rings. The Kier molecular flexibility index (Phi) is 8.95. The number of esters is 1. The molecule has 3 heterocycles. The van der Waals surface area contributed by atoms with E-state index in [1.807, 2.05) is 0 Å². The van der Waals surface area contributed by atoms with Crippen molar-refractivity contribution in [2.24, 2.45) is 34.5 Å². The molecule has 3 aliphatic heterocycles. The van der Waals surface area contributed by atoms with Crippen molar-refractivity contribution in [3.63, 3.8) is 0 Å². The highest BCUT2D eigenvalue weighted by Crippen LogP contribution is 2.68. The second-order valence-electron chi connectivity index (χ2n) is 15.5. The van der Waals surface area contributed by atoms with E-state index in [-0.39, 0.29) is 34.9 Å². The Bertz CT molecular complexity index is 1260. The van der Waals surface area contributed by atoms with Crippen molar-refractivity contribution in [3.8, 4) is 0 Å². The molecule has 7 N–H and O–H groups in total. The van der Waals surface area contributed by atoms with Gasteiger partial charge in [0.15, 0.2) is 12.6 Å². The van der Waals surface area contributed by atoms with E-state index in [0.717, 1.165) is 32.1 Å². The number of carbonyl (C=O) groups is 1. The van der Waals surface area contributed by atoms with E-state index in [1.54, 1.807) is 0 Å². The highest BCUT2D eigenvalue weighted by atomic mass is 16.8. The third-order valence-electron chi connectivity index (χ3n) is 13.3. The second kappa shape index (κ2) is 12.4. The first-order valence-electron chi connectivity index (χ1n) is 17.2. The summed E-state index contributed by atoms with van der Waals surface area (Å²) in [5.41, 5.74) is 1.92. The van der Waals surface area contributed by atoms with Crippen LogP contribution in [-0.2, 0) is 28.5 Å². The fourth-order valence-corrected chi connectivity index (χ4v) is 10.6. The molecule has 264 valence electrons. The van der Waals surface area contributed by atoms with Crippen molar-refractivity contribution < 1.29 is 64.2 Å². The maximum absolute atomic E-state index is 12.3. The molecule has 0 aromatic carbocycles. The zero-order chi connectivity index (χ0) is 33.6. The first-order chi connectivity index (χ1) is 22.3. The van der Waals surface area contributed by atoms with Crippen LogP contribution in [0.25, 0.3) is 0 Å². The summed E-state index contributed by atoms with van der Waals surface area (Å²) in [4.78, 5) is 12.3. The van der Waals surface area contributed by atoms with Gasteiger partial charge in [-0.1, -0.05) is 32.1 Å². The minimum absolute atomic E-state index is 0.0000259. The fraction of sp³-hybridized carbons (Fsp3) is 0.853. The monoisotopic (exact) mass is 666 g/mol. The molecule has 0 aromatic rings. The van der Waals surface area contributed by atoms with Crippen molar-refractivity contribution in [3.05, 3.63) is 23.8 Å². The first-order valence-corrected chi connectivity index (χ1v) is 17.2. The number of aliphatic hydroxyl groups is 7. The van der Waals surface area contributed by atoms with Crippen molar-refractivity contribution in [1.82, 2.24) is 0 Å². The van der Waals surface area contributed by atoms with Crippen molar-refractivity contribution in [2.45, 2.75) is 132 Å². The number of fused-ring (bicyclic) bond motifs is 7. The number of allylic oxidation sites excluding steroid dienone is 1. The Balaban J connectivity index is 1.07. The van der Waals surface area contributed by atoms with Gasteiger partial charge >= 0.3 is 5.97 Å². The molecule has 0 bridgehead atoms. The molecule has 13 heteroatoms. The highest BCUT2D eigenvalue weighted by Gasteiger charge is 2.65. The summed E-state index contributed by atoms with van der Waals surface area (Å²) in [6.07, 6.45) is -6.80. The standard InChI is InChI=1S/C34H50O13/c1-14-23-20(44-30(14)42)11-19-17-5-4-15-10-16(6-8-33(15,2)18(17)7-9-34(19,23)3)43-32-29(27(40)25(38)22(13-36)46-32)47-31-28(41)26(39)24(37)21(12-35)45-31/h4,16-29,31-32,35-41H,1,5-13H2,2-3H3/t16-,17+,18-,19-,20-,21+,22+,23-,24+,25+,26-,27-,28+,29+,31-,32+,33-,34-/m0/s1. The number of aliphatic hydroxyl groups excluding tert-OH is 7. The van der Waals surface area contributed by atoms with Gasteiger partial charge in [-0.15, -0.1) is 0 Å². The first kappa shape index (κ1) is 34.0. The minimum atomic E-state index is -1.73. The minimum Gasteiger partial charge on any atom is -0.458 e. The zero-order valence-corrected chi connectivity index (χ0v) is 27.0. The van der Waals surface area contributed by atoms with Crippen molar-refractivity contribution >= 4 is 5.97 Å². The van der Waals surface area contributed by atoms with Crippen LogP contribution in [0.1, 0.15) is 58.8 Å². The van der Waals surface area contributed by atoms with Crippen LogP contribution in [0, 0.1) is 34.5 Å². The van der Waals surface area contributed by atoms with E-state index in [9.17, 15) is 40.5 Å². The van der Waals surface area contributed by atoms with Gasteiger partial charge in [-0.3, -0.25) is 0 Å². The number of hydrogen-bond acceptors (Lipinski definition) is 13. The van der Waals surface area contributed by atoms with Crippen molar-refractivity contribution in [2.75, 3.05) is 13.2 Å². The summed E-state index contributed by atoms with van der Waals surface area (Å²) in [5, 5.41) is 72.1. The Morgan fingerprint density at radius 1 is 0.872 bits per heavy atom. The summed E-state index contributed by atoms with van der Waals surface area (Å²) in [5.74, 6) is 1.26. The smallest absolute Gasteiger partial charge is 0.334 e. The molecule has 4 aliphatic carbocycles. The zero-order valence-electron chi connectivity index (χ0n) is 27.0. The lowest BCUT2D eigenvalue weighted by Gasteiger charge is -2.58. The Labute approximate surface area is 274 Å². The van der Waals surface area contributed by atoms with E-state index in [2.05, 4.69) is 26.5 Å². The van der Waals surface area contributed by atoms with E-state index >= 15 is 0 Å². The molecule has 13 nitrogen and oxygen atoms in total.